The van der Waals surface area contributed by atoms with Crippen LogP contribution in [0.25, 0.3) is 0 Å². The Balaban J connectivity index is 1.66. The maximum Gasteiger partial charge on any atom is 0.322 e. The number of carbonyl (C=O) groups excluding carboxylic acids is 2. The zero-order valence-corrected chi connectivity index (χ0v) is 14.6. The molecule has 0 aromatic heterocycles. The second-order valence-corrected chi connectivity index (χ2v) is 6.79. The molecule has 0 unspecified atom stereocenters. The van der Waals surface area contributed by atoms with Gasteiger partial charge in [-0.05, 0) is 51.0 Å². The first kappa shape index (κ1) is 17.7. The molecular weight excluding hydrogens is 325 g/mol. The van der Waals surface area contributed by atoms with Crippen LogP contribution >= 0.6 is 0 Å². The van der Waals surface area contributed by atoms with Gasteiger partial charge in [-0.15, -0.1) is 0 Å². The third-order valence-electron chi connectivity index (χ3n) is 4.63. The SMILES string of the molecule is C[C@@H]1CN(C(=O)[C@H]2CCCN2C(=O)Nc2ccc(F)cc2)C[C@H](C)O1. The molecule has 0 spiro atoms. The molecule has 3 atom stereocenters. The van der Waals surface area contributed by atoms with Gasteiger partial charge in [0.15, 0.2) is 0 Å². The lowest BCUT2D eigenvalue weighted by Gasteiger charge is -2.38. The van der Waals surface area contributed by atoms with Crippen molar-refractivity contribution in [1.82, 2.24) is 9.80 Å². The van der Waals surface area contributed by atoms with Crippen LogP contribution in [0.5, 0.6) is 0 Å². The molecule has 2 saturated heterocycles. The van der Waals surface area contributed by atoms with Crippen molar-refractivity contribution < 1.29 is 18.7 Å². The summed E-state index contributed by atoms with van der Waals surface area (Å²) in [7, 11) is 0. The van der Waals surface area contributed by atoms with Gasteiger partial charge in [-0.3, -0.25) is 4.79 Å². The number of urea groups is 1. The Morgan fingerprint density at radius 1 is 1.16 bits per heavy atom. The average molecular weight is 349 g/mol. The summed E-state index contributed by atoms with van der Waals surface area (Å²) in [5.41, 5.74) is 0.512. The number of anilines is 1. The monoisotopic (exact) mass is 349 g/mol. The van der Waals surface area contributed by atoms with Gasteiger partial charge in [0.05, 0.1) is 12.2 Å². The topological polar surface area (TPSA) is 61.9 Å². The van der Waals surface area contributed by atoms with E-state index in [0.717, 1.165) is 6.42 Å². The molecule has 7 heteroatoms. The van der Waals surface area contributed by atoms with Crippen LogP contribution in [0.4, 0.5) is 14.9 Å². The zero-order valence-electron chi connectivity index (χ0n) is 14.6. The summed E-state index contributed by atoms with van der Waals surface area (Å²) < 4.78 is 18.7. The van der Waals surface area contributed by atoms with E-state index in [0.29, 0.717) is 31.7 Å². The minimum absolute atomic E-state index is 0.00408. The number of carbonyl (C=O) groups is 2. The van der Waals surface area contributed by atoms with Crippen LogP contribution in [0, 0.1) is 5.82 Å². The van der Waals surface area contributed by atoms with E-state index in [1.165, 1.54) is 24.3 Å². The molecule has 0 radical (unpaired) electrons. The summed E-state index contributed by atoms with van der Waals surface area (Å²) in [4.78, 5) is 28.8. The summed E-state index contributed by atoms with van der Waals surface area (Å²) in [5, 5.41) is 2.74. The van der Waals surface area contributed by atoms with Gasteiger partial charge in [-0.2, -0.15) is 0 Å². The van der Waals surface area contributed by atoms with Crippen molar-refractivity contribution in [3.63, 3.8) is 0 Å². The maximum atomic E-state index is 13.0. The van der Waals surface area contributed by atoms with E-state index in [1.54, 1.807) is 9.80 Å². The number of benzene rings is 1. The molecular formula is C18H24FN3O3. The largest absolute Gasteiger partial charge is 0.372 e. The van der Waals surface area contributed by atoms with Crippen molar-refractivity contribution in [3.8, 4) is 0 Å². The fourth-order valence-corrected chi connectivity index (χ4v) is 3.56. The van der Waals surface area contributed by atoms with Crippen molar-refractivity contribution >= 4 is 17.6 Å². The lowest BCUT2D eigenvalue weighted by atomic mass is 10.1. The fraction of sp³-hybridized carbons (Fsp3) is 0.556. The molecule has 25 heavy (non-hydrogen) atoms. The summed E-state index contributed by atoms with van der Waals surface area (Å²) in [6, 6.07) is 4.82. The molecule has 3 amide bonds. The van der Waals surface area contributed by atoms with Gasteiger partial charge in [0.2, 0.25) is 5.91 Å². The Bertz CT molecular complexity index is 627. The fourth-order valence-electron chi connectivity index (χ4n) is 3.56. The summed E-state index contributed by atoms with van der Waals surface area (Å²) in [5.74, 6) is -0.378. The number of hydrogen-bond donors (Lipinski definition) is 1. The summed E-state index contributed by atoms with van der Waals surface area (Å²) in [6.45, 7) is 5.53. The van der Waals surface area contributed by atoms with E-state index in [1.807, 2.05) is 13.8 Å². The smallest absolute Gasteiger partial charge is 0.322 e. The number of nitrogens with one attached hydrogen (secondary N) is 1. The van der Waals surface area contributed by atoms with E-state index >= 15 is 0 Å². The number of halogens is 1. The lowest BCUT2D eigenvalue weighted by Crippen LogP contribution is -2.55. The highest BCUT2D eigenvalue weighted by Crippen LogP contribution is 2.23. The molecule has 1 aromatic rings. The molecule has 0 aliphatic carbocycles. The Kier molecular flexibility index (Phi) is 5.22. The van der Waals surface area contributed by atoms with E-state index < -0.39 is 6.04 Å². The molecule has 136 valence electrons. The molecule has 2 aliphatic rings. The van der Waals surface area contributed by atoms with Crippen molar-refractivity contribution in [2.75, 3.05) is 25.0 Å². The zero-order chi connectivity index (χ0) is 18.0. The molecule has 0 bridgehead atoms. The van der Waals surface area contributed by atoms with E-state index in [-0.39, 0.29) is 30.0 Å². The molecule has 2 aliphatic heterocycles. The highest BCUT2D eigenvalue weighted by Gasteiger charge is 2.38. The molecule has 1 aromatic carbocycles. The minimum atomic E-state index is -0.446. The van der Waals surface area contributed by atoms with Gasteiger partial charge in [0.25, 0.3) is 0 Å². The van der Waals surface area contributed by atoms with E-state index in [2.05, 4.69) is 5.32 Å². The van der Waals surface area contributed by atoms with E-state index in [4.69, 9.17) is 4.74 Å². The minimum Gasteiger partial charge on any atom is -0.372 e. The quantitative estimate of drug-likeness (QED) is 0.892. The van der Waals surface area contributed by atoms with Gasteiger partial charge in [0.1, 0.15) is 11.9 Å². The van der Waals surface area contributed by atoms with Crippen LogP contribution in [0.1, 0.15) is 26.7 Å². The van der Waals surface area contributed by atoms with Gasteiger partial charge in [-0.25, -0.2) is 9.18 Å². The third kappa shape index (κ3) is 4.10. The molecule has 2 fully saturated rings. The van der Waals surface area contributed by atoms with E-state index in [9.17, 15) is 14.0 Å². The first-order valence-corrected chi connectivity index (χ1v) is 8.71. The number of morpholine rings is 1. The lowest BCUT2D eigenvalue weighted by molar-refractivity contribution is -0.146. The summed E-state index contributed by atoms with van der Waals surface area (Å²) in [6.07, 6.45) is 1.45. The predicted octanol–water partition coefficient (Wildman–Crippen LogP) is 2.46. The maximum absolute atomic E-state index is 13.0. The highest BCUT2D eigenvalue weighted by molar-refractivity contribution is 5.94. The van der Waals surface area contributed by atoms with Crippen molar-refractivity contribution in [2.45, 2.75) is 44.9 Å². The first-order valence-electron chi connectivity index (χ1n) is 8.71. The number of likely N-dealkylation sites (tertiary alicyclic amines) is 1. The van der Waals surface area contributed by atoms with Crippen molar-refractivity contribution in [2.24, 2.45) is 0 Å². The van der Waals surface area contributed by atoms with Crippen molar-refractivity contribution in [1.29, 1.82) is 0 Å². The van der Waals surface area contributed by atoms with Crippen LogP contribution in [0.2, 0.25) is 0 Å². The van der Waals surface area contributed by atoms with Crippen molar-refractivity contribution in [3.05, 3.63) is 30.1 Å². The van der Waals surface area contributed by atoms with Gasteiger partial charge in [0, 0.05) is 25.3 Å². The predicted molar refractivity (Wildman–Crippen MR) is 91.7 cm³/mol. The number of nitrogens with zero attached hydrogens (tertiary/aromatic N) is 2. The number of hydrogen-bond acceptors (Lipinski definition) is 3. The second-order valence-electron chi connectivity index (χ2n) is 6.79. The molecule has 0 saturated carbocycles. The summed E-state index contributed by atoms with van der Waals surface area (Å²) >= 11 is 0. The van der Waals surface area contributed by atoms with Crippen LogP contribution in [-0.2, 0) is 9.53 Å². The Morgan fingerprint density at radius 3 is 2.44 bits per heavy atom. The van der Waals surface area contributed by atoms with Crippen LogP contribution in [0.3, 0.4) is 0 Å². The molecule has 3 rings (SSSR count). The van der Waals surface area contributed by atoms with Gasteiger partial charge < -0.3 is 19.9 Å². The van der Waals surface area contributed by atoms with Gasteiger partial charge >= 0.3 is 6.03 Å². The highest BCUT2D eigenvalue weighted by atomic mass is 19.1. The standard InChI is InChI=1S/C18H24FN3O3/c1-12-10-21(11-13(2)25-12)17(23)16-4-3-9-22(16)18(24)20-15-7-5-14(19)6-8-15/h5-8,12-13,16H,3-4,9-11H2,1-2H3,(H,20,24)/t12-,13+,16-/m1/s1. The van der Waals surface area contributed by atoms with Crippen LogP contribution in [0.15, 0.2) is 24.3 Å². The second kappa shape index (κ2) is 7.39. The Morgan fingerprint density at radius 2 is 1.80 bits per heavy atom. The van der Waals surface area contributed by atoms with Crippen LogP contribution < -0.4 is 5.32 Å². The number of ether oxygens (including phenoxy) is 1. The van der Waals surface area contributed by atoms with Crippen LogP contribution in [-0.4, -0.2) is 59.6 Å². The molecule has 2 heterocycles. The average Bonchev–Trinajstić information content (AvgIpc) is 3.05. The first-order chi connectivity index (χ1) is 11.9. The number of amides is 3. The third-order valence-corrected chi connectivity index (χ3v) is 4.63. The Hall–Kier alpha value is -2.15. The normalized spacial score (nSPS) is 26.6. The Labute approximate surface area is 146 Å². The molecule has 6 nitrogen and oxygen atoms in total. The number of rotatable bonds is 2. The molecule has 1 N–H and O–H groups in total. The van der Waals surface area contributed by atoms with Gasteiger partial charge in [-0.1, -0.05) is 0 Å².